The van der Waals surface area contributed by atoms with Crippen LogP contribution in [0.3, 0.4) is 0 Å². The van der Waals surface area contributed by atoms with Crippen molar-refractivity contribution >= 4 is 29.1 Å². The van der Waals surface area contributed by atoms with Gasteiger partial charge >= 0.3 is 0 Å². The van der Waals surface area contributed by atoms with E-state index >= 15 is 0 Å². The minimum absolute atomic E-state index is 0.0907. The number of carbonyl (C=O) groups excluding carboxylic acids is 2. The summed E-state index contributed by atoms with van der Waals surface area (Å²) in [5.41, 5.74) is 1.53. The van der Waals surface area contributed by atoms with Gasteiger partial charge in [0.25, 0.3) is 0 Å². The van der Waals surface area contributed by atoms with Crippen LogP contribution in [0.5, 0.6) is 0 Å². The lowest BCUT2D eigenvalue weighted by Gasteiger charge is -2.39. The number of halogens is 1. The second-order valence-corrected chi connectivity index (χ2v) is 6.39. The zero-order valence-electron chi connectivity index (χ0n) is 12.8. The molecule has 1 aromatic rings. The van der Waals surface area contributed by atoms with Crippen LogP contribution in [0.2, 0.25) is 5.02 Å². The highest BCUT2D eigenvalue weighted by Gasteiger charge is 2.40. The zero-order valence-corrected chi connectivity index (χ0v) is 13.6. The molecule has 2 amide bonds. The molecule has 1 aliphatic rings. The molecule has 0 aromatic heterocycles. The van der Waals surface area contributed by atoms with E-state index < -0.39 is 12.1 Å². The summed E-state index contributed by atoms with van der Waals surface area (Å²) in [6.45, 7) is 7.68. The minimum atomic E-state index is -0.556. The second kappa shape index (κ2) is 6.06. The van der Waals surface area contributed by atoms with Gasteiger partial charge in [0, 0.05) is 0 Å². The fourth-order valence-electron chi connectivity index (χ4n) is 2.69. The Morgan fingerprint density at radius 2 is 2.00 bits per heavy atom. The van der Waals surface area contributed by atoms with Crippen LogP contribution in [-0.2, 0) is 9.59 Å². The second-order valence-electron chi connectivity index (χ2n) is 5.98. The van der Waals surface area contributed by atoms with Gasteiger partial charge in [0.2, 0.25) is 11.8 Å². The van der Waals surface area contributed by atoms with Crippen molar-refractivity contribution in [1.29, 1.82) is 0 Å². The predicted octanol–water partition coefficient (Wildman–Crippen LogP) is 2.91. The highest BCUT2D eigenvalue weighted by molar-refractivity contribution is 6.34. The van der Waals surface area contributed by atoms with Crippen molar-refractivity contribution in [2.24, 2.45) is 5.92 Å². The highest BCUT2D eigenvalue weighted by atomic mass is 35.5. The Balaban J connectivity index is 2.44. The average Bonchev–Trinajstić information content (AvgIpc) is 2.39. The zero-order chi connectivity index (χ0) is 15.7. The molecule has 4 nitrogen and oxygen atoms in total. The van der Waals surface area contributed by atoms with Crippen molar-refractivity contribution in [2.45, 2.75) is 46.2 Å². The molecule has 1 heterocycles. The first-order valence-electron chi connectivity index (χ1n) is 7.21. The van der Waals surface area contributed by atoms with Crippen LogP contribution in [0.15, 0.2) is 18.2 Å². The quantitative estimate of drug-likeness (QED) is 0.933. The van der Waals surface area contributed by atoms with Gasteiger partial charge in [-0.1, -0.05) is 37.6 Å². The Bertz CT molecular complexity index is 551. The highest BCUT2D eigenvalue weighted by Crippen LogP contribution is 2.33. The van der Waals surface area contributed by atoms with Gasteiger partial charge in [-0.3, -0.25) is 14.5 Å². The van der Waals surface area contributed by atoms with Crippen molar-refractivity contribution < 1.29 is 9.59 Å². The first kappa shape index (κ1) is 15.8. The van der Waals surface area contributed by atoms with E-state index in [4.69, 9.17) is 11.6 Å². The van der Waals surface area contributed by atoms with Gasteiger partial charge in [-0.15, -0.1) is 0 Å². The summed E-state index contributed by atoms with van der Waals surface area (Å²) in [5.74, 6) is 0.0911. The summed E-state index contributed by atoms with van der Waals surface area (Å²) < 4.78 is 0. The lowest BCUT2D eigenvalue weighted by molar-refractivity contribution is -0.133. The molecule has 0 bridgehead atoms. The molecular formula is C16H21ClN2O2. The Morgan fingerprint density at radius 3 is 2.57 bits per heavy atom. The van der Waals surface area contributed by atoms with Gasteiger partial charge < -0.3 is 5.32 Å². The first-order valence-corrected chi connectivity index (χ1v) is 7.59. The van der Waals surface area contributed by atoms with Gasteiger partial charge in [0.05, 0.1) is 10.7 Å². The number of rotatable bonds is 3. The van der Waals surface area contributed by atoms with Crippen molar-refractivity contribution in [3.63, 3.8) is 0 Å². The van der Waals surface area contributed by atoms with Crippen LogP contribution in [-0.4, -0.2) is 23.9 Å². The first-order chi connectivity index (χ1) is 9.82. The molecule has 5 heteroatoms. The van der Waals surface area contributed by atoms with Gasteiger partial charge in [-0.25, -0.2) is 0 Å². The number of benzene rings is 1. The van der Waals surface area contributed by atoms with E-state index in [-0.39, 0.29) is 11.8 Å². The van der Waals surface area contributed by atoms with Crippen LogP contribution in [0.1, 0.15) is 32.8 Å². The fraction of sp³-hybridized carbons (Fsp3) is 0.500. The van der Waals surface area contributed by atoms with Crippen molar-refractivity contribution in [3.8, 4) is 0 Å². The summed E-state index contributed by atoms with van der Waals surface area (Å²) in [6.07, 6.45) is 0.622. The predicted molar refractivity (Wildman–Crippen MR) is 84.5 cm³/mol. The molecule has 1 fully saturated rings. The summed E-state index contributed by atoms with van der Waals surface area (Å²) in [6, 6.07) is 4.44. The van der Waals surface area contributed by atoms with E-state index in [1.165, 1.54) is 0 Å². The Labute approximate surface area is 130 Å². The molecule has 1 saturated heterocycles. The third-order valence-electron chi connectivity index (χ3n) is 3.76. The molecule has 1 aliphatic heterocycles. The molecule has 114 valence electrons. The maximum Gasteiger partial charge on any atom is 0.250 e. The van der Waals surface area contributed by atoms with Crippen LogP contribution in [0.25, 0.3) is 0 Å². The van der Waals surface area contributed by atoms with Crippen LogP contribution in [0.4, 0.5) is 5.69 Å². The standard InChI is InChI=1S/C16H21ClN2O2/c1-9(2)8-13-16(21)19(11(4)15(20)18-13)14-10(3)6-5-7-12(14)17/h5-7,9,11,13H,8H2,1-4H3,(H,18,20). The van der Waals surface area contributed by atoms with E-state index in [2.05, 4.69) is 5.32 Å². The molecule has 0 spiro atoms. The topological polar surface area (TPSA) is 49.4 Å². The monoisotopic (exact) mass is 308 g/mol. The molecular weight excluding hydrogens is 288 g/mol. The summed E-state index contributed by atoms with van der Waals surface area (Å²) in [7, 11) is 0. The van der Waals surface area contributed by atoms with Crippen molar-refractivity contribution in [3.05, 3.63) is 28.8 Å². The maximum atomic E-state index is 12.8. The van der Waals surface area contributed by atoms with Gasteiger partial charge in [-0.2, -0.15) is 0 Å². The third kappa shape index (κ3) is 3.05. The molecule has 2 unspecified atom stereocenters. The number of nitrogens with zero attached hydrogens (tertiary/aromatic N) is 1. The molecule has 2 atom stereocenters. The molecule has 1 N–H and O–H groups in total. The van der Waals surface area contributed by atoms with Gasteiger partial charge in [-0.05, 0) is 37.8 Å². The largest absolute Gasteiger partial charge is 0.342 e. The molecule has 1 aromatic carbocycles. The number of anilines is 1. The lowest BCUT2D eigenvalue weighted by Crippen LogP contribution is -2.63. The number of aryl methyl sites for hydroxylation is 1. The number of nitrogens with one attached hydrogen (secondary N) is 1. The van der Waals surface area contributed by atoms with E-state index in [0.29, 0.717) is 23.0 Å². The maximum absolute atomic E-state index is 12.8. The molecule has 2 rings (SSSR count). The Kier molecular flexibility index (Phi) is 4.57. The average molecular weight is 309 g/mol. The number of para-hydroxylation sites is 1. The third-order valence-corrected chi connectivity index (χ3v) is 4.06. The fourth-order valence-corrected chi connectivity index (χ4v) is 3.01. The molecule has 21 heavy (non-hydrogen) atoms. The number of amides is 2. The number of hydrogen-bond donors (Lipinski definition) is 1. The number of piperazine rings is 1. The molecule has 0 radical (unpaired) electrons. The Morgan fingerprint density at radius 1 is 1.33 bits per heavy atom. The SMILES string of the molecule is Cc1cccc(Cl)c1N1C(=O)C(CC(C)C)NC(=O)C1C. The summed E-state index contributed by atoms with van der Waals surface area (Å²) in [4.78, 5) is 26.5. The molecule has 0 aliphatic carbocycles. The normalized spacial score (nSPS) is 22.7. The number of carbonyl (C=O) groups is 2. The van der Waals surface area contributed by atoms with E-state index in [1.54, 1.807) is 17.9 Å². The van der Waals surface area contributed by atoms with Gasteiger partial charge in [0.1, 0.15) is 12.1 Å². The summed E-state index contributed by atoms with van der Waals surface area (Å²) >= 11 is 6.27. The molecule has 0 saturated carbocycles. The van der Waals surface area contributed by atoms with Crippen molar-refractivity contribution in [1.82, 2.24) is 5.32 Å². The van der Waals surface area contributed by atoms with E-state index in [1.807, 2.05) is 32.9 Å². The van der Waals surface area contributed by atoms with Crippen LogP contribution >= 0.6 is 11.6 Å². The van der Waals surface area contributed by atoms with E-state index in [0.717, 1.165) is 5.56 Å². The van der Waals surface area contributed by atoms with Crippen LogP contribution < -0.4 is 10.2 Å². The minimum Gasteiger partial charge on any atom is -0.342 e. The number of hydrogen-bond acceptors (Lipinski definition) is 2. The van der Waals surface area contributed by atoms with Crippen molar-refractivity contribution in [2.75, 3.05) is 4.90 Å². The van der Waals surface area contributed by atoms with E-state index in [9.17, 15) is 9.59 Å². The lowest BCUT2D eigenvalue weighted by atomic mass is 9.98. The van der Waals surface area contributed by atoms with Crippen LogP contribution in [0, 0.1) is 12.8 Å². The smallest absolute Gasteiger partial charge is 0.250 e. The van der Waals surface area contributed by atoms with Gasteiger partial charge in [0.15, 0.2) is 0 Å². The Hall–Kier alpha value is -1.55. The summed E-state index contributed by atoms with van der Waals surface area (Å²) in [5, 5.41) is 3.31.